The van der Waals surface area contributed by atoms with Crippen molar-refractivity contribution in [2.75, 3.05) is 6.54 Å². The first-order valence-electron chi connectivity index (χ1n) is 6.77. The van der Waals surface area contributed by atoms with Gasteiger partial charge in [0.15, 0.2) is 0 Å². The molecular formula is C15H15NO4. The minimum Gasteiger partial charge on any atom is -0.481 e. The number of hydrogen-bond donors (Lipinski definition) is 1. The molecule has 1 heterocycles. The van der Waals surface area contributed by atoms with Gasteiger partial charge in [-0.3, -0.25) is 19.3 Å². The fourth-order valence-corrected chi connectivity index (χ4v) is 3.22. The van der Waals surface area contributed by atoms with Crippen LogP contribution in [0.4, 0.5) is 0 Å². The van der Waals surface area contributed by atoms with Gasteiger partial charge in [0.2, 0.25) is 0 Å². The van der Waals surface area contributed by atoms with Crippen LogP contribution >= 0.6 is 0 Å². The van der Waals surface area contributed by atoms with Crippen LogP contribution in [0.2, 0.25) is 0 Å². The molecule has 2 amide bonds. The Morgan fingerprint density at radius 1 is 1.15 bits per heavy atom. The Bertz CT molecular complexity index is 560. The van der Waals surface area contributed by atoms with E-state index >= 15 is 0 Å². The molecule has 0 unspecified atom stereocenters. The van der Waals surface area contributed by atoms with Crippen LogP contribution in [-0.4, -0.2) is 34.3 Å². The summed E-state index contributed by atoms with van der Waals surface area (Å²) >= 11 is 0. The molecule has 0 bridgehead atoms. The zero-order valence-electron chi connectivity index (χ0n) is 10.9. The van der Waals surface area contributed by atoms with Gasteiger partial charge < -0.3 is 5.11 Å². The summed E-state index contributed by atoms with van der Waals surface area (Å²) in [6.07, 6.45) is 2.22. The van der Waals surface area contributed by atoms with Crippen molar-refractivity contribution in [1.82, 2.24) is 4.90 Å². The molecule has 1 aromatic carbocycles. The SMILES string of the molecule is O=C(O)[C@@H]1CCC[C@@H]1CN1C(=O)c2ccccc2C1=O. The third-order valence-electron chi connectivity index (χ3n) is 4.27. The lowest BCUT2D eigenvalue weighted by molar-refractivity contribution is -0.143. The lowest BCUT2D eigenvalue weighted by atomic mass is 9.95. The van der Waals surface area contributed by atoms with E-state index in [1.165, 1.54) is 4.90 Å². The number of aliphatic carboxylic acids is 1. The highest BCUT2D eigenvalue weighted by atomic mass is 16.4. The third-order valence-corrected chi connectivity index (χ3v) is 4.27. The van der Waals surface area contributed by atoms with Crippen molar-refractivity contribution >= 4 is 17.8 Å². The van der Waals surface area contributed by atoms with Crippen LogP contribution in [0.15, 0.2) is 24.3 Å². The summed E-state index contributed by atoms with van der Waals surface area (Å²) in [6.45, 7) is 0.212. The standard InChI is InChI=1S/C15H15NO4/c17-13-11-5-1-2-6-12(11)14(18)16(13)8-9-4-3-7-10(9)15(19)20/h1-2,5-6,9-10H,3-4,7-8H2,(H,19,20)/t9-,10-/m1/s1. The molecule has 0 radical (unpaired) electrons. The van der Waals surface area contributed by atoms with Gasteiger partial charge in [-0.15, -0.1) is 0 Å². The number of carboxylic acids is 1. The second kappa shape index (κ2) is 4.74. The molecule has 1 fully saturated rings. The van der Waals surface area contributed by atoms with Gasteiger partial charge >= 0.3 is 5.97 Å². The van der Waals surface area contributed by atoms with Crippen LogP contribution in [0, 0.1) is 11.8 Å². The van der Waals surface area contributed by atoms with Crippen molar-refractivity contribution in [3.63, 3.8) is 0 Å². The largest absolute Gasteiger partial charge is 0.481 e. The fourth-order valence-electron chi connectivity index (χ4n) is 3.22. The topological polar surface area (TPSA) is 74.7 Å². The average molecular weight is 273 g/mol. The van der Waals surface area contributed by atoms with E-state index in [1.807, 2.05) is 0 Å². The Labute approximate surface area is 116 Å². The van der Waals surface area contributed by atoms with E-state index < -0.39 is 11.9 Å². The first-order chi connectivity index (χ1) is 9.59. The molecule has 1 saturated carbocycles. The Kier molecular flexibility index (Phi) is 3.04. The number of fused-ring (bicyclic) bond motifs is 1. The second-order valence-corrected chi connectivity index (χ2v) is 5.40. The van der Waals surface area contributed by atoms with Crippen molar-refractivity contribution in [3.05, 3.63) is 35.4 Å². The summed E-state index contributed by atoms with van der Waals surface area (Å²) in [7, 11) is 0. The smallest absolute Gasteiger partial charge is 0.306 e. The van der Waals surface area contributed by atoms with Crippen molar-refractivity contribution < 1.29 is 19.5 Å². The number of carboxylic acid groups (broad SMARTS) is 1. The van der Waals surface area contributed by atoms with E-state index in [2.05, 4.69) is 0 Å². The Morgan fingerprint density at radius 2 is 1.75 bits per heavy atom. The quantitative estimate of drug-likeness (QED) is 0.852. The number of rotatable bonds is 3. The number of nitrogens with zero attached hydrogens (tertiary/aromatic N) is 1. The molecule has 5 heteroatoms. The number of carbonyl (C=O) groups excluding carboxylic acids is 2. The minimum absolute atomic E-state index is 0.130. The van der Waals surface area contributed by atoms with Crippen LogP contribution in [0.5, 0.6) is 0 Å². The van der Waals surface area contributed by atoms with Crippen molar-refractivity contribution in [1.29, 1.82) is 0 Å². The molecule has 5 nitrogen and oxygen atoms in total. The van der Waals surface area contributed by atoms with E-state index in [0.29, 0.717) is 17.5 Å². The lowest BCUT2D eigenvalue weighted by Crippen LogP contribution is -2.37. The van der Waals surface area contributed by atoms with Gasteiger partial charge in [0, 0.05) is 6.54 Å². The molecule has 3 rings (SSSR count). The predicted octanol–water partition coefficient (Wildman–Crippen LogP) is 1.78. The molecular weight excluding hydrogens is 258 g/mol. The average Bonchev–Trinajstić information content (AvgIpc) is 2.99. The normalized spacial score (nSPS) is 25.1. The van der Waals surface area contributed by atoms with Gasteiger partial charge in [-0.25, -0.2) is 0 Å². The van der Waals surface area contributed by atoms with Crippen LogP contribution in [0.3, 0.4) is 0 Å². The molecule has 0 aromatic heterocycles. The van der Waals surface area contributed by atoms with E-state index in [-0.39, 0.29) is 24.3 Å². The maximum Gasteiger partial charge on any atom is 0.306 e. The summed E-state index contributed by atoms with van der Waals surface area (Å²) in [5.41, 5.74) is 0.838. The lowest BCUT2D eigenvalue weighted by Gasteiger charge is -2.21. The Hall–Kier alpha value is -2.17. The highest BCUT2D eigenvalue weighted by Crippen LogP contribution is 2.34. The Balaban J connectivity index is 1.82. The van der Waals surface area contributed by atoms with Crippen LogP contribution < -0.4 is 0 Å². The monoisotopic (exact) mass is 273 g/mol. The molecule has 1 aliphatic carbocycles. The molecule has 1 N–H and O–H groups in total. The second-order valence-electron chi connectivity index (χ2n) is 5.40. The third kappa shape index (κ3) is 1.90. The van der Waals surface area contributed by atoms with Crippen LogP contribution in [0.1, 0.15) is 40.0 Å². The predicted molar refractivity (Wildman–Crippen MR) is 70.3 cm³/mol. The zero-order valence-corrected chi connectivity index (χ0v) is 10.9. The number of carbonyl (C=O) groups is 3. The Morgan fingerprint density at radius 3 is 2.30 bits per heavy atom. The molecule has 20 heavy (non-hydrogen) atoms. The van der Waals surface area contributed by atoms with E-state index in [0.717, 1.165) is 12.8 Å². The van der Waals surface area contributed by atoms with Gasteiger partial charge in [0.05, 0.1) is 17.0 Å². The van der Waals surface area contributed by atoms with Crippen molar-refractivity contribution in [2.45, 2.75) is 19.3 Å². The summed E-state index contributed by atoms with van der Waals surface area (Å²) in [5.74, 6) is -2.01. The number of amides is 2. The molecule has 1 aliphatic heterocycles. The summed E-state index contributed by atoms with van der Waals surface area (Å²) in [4.78, 5) is 36.8. The summed E-state index contributed by atoms with van der Waals surface area (Å²) < 4.78 is 0. The highest BCUT2D eigenvalue weighted by molar-refractivity contribution is 6.21. The van der Waals surface area contributed by atoms with Gasteiger partial charge in [-0.2, -0.15) is 0 Å². The van der Waals surface area contributed by atoms with E-state index in [1.54, 1.807) is 24.3 Å². The number of hydrogen-bond acceptors (Lipinski definition) is 3. The van der Waals surface area contributed by atoms with Gasteiger partial charge in [0.1, 0.15) is 0 Å². The van der Waals surface area contributed by atoms with Gasteiger partial charge in [-0.05, 0) is 30.9 Å². The van der Waals surface area contributed by atoms with Gasteiger partial charge in [-0.1, -0.05) is 18.6 Å². The molecule has 1 aromatic rings. The summed E-state index contributed by atoms with van der Waals surface area (Å²) in [6, 6.07) is 6.73. The van der Waals surface area contributed by atoms with E-state index in [9.17, 15) is 19.5 Å². The highest BCUT2D eigenvalue weighted by Gasteiger charge is 2.40. The zero-order chi connectivity index (χ0) is 14.3. The fraction of sp³-hybridized carbons (Fsp3) is 0.400. The maximum absolute atomic E-state index is 12.2. The minimum atomic E-state index is -0.830. The van der Waals surface area contributed by atoms with Crippen LogP contribution in [-0.2, 0) is 4.79 Å². The van der Waals surface area contributed by atoms with Crippen LogP contribution in [0.25, 0.3) is 0 Å². The summed E-state index contributed by atoms with van der Waals surface area (Å²) in [5, 5.41) is 9.17. The van der Waals surface area contributed by atoms with Crippen molar-refractivity contribution in [3.8, 4) is 0 Å². The molecule has 0 spiro atoms. The molecule has 2 atom stereocenters. The maximum atomic E-state index is 12.2. The van der Waals surface area contributed by atoms with Crippen molar-refractivity contribution in [2.24, 2.45) is 11.8 Å². The number of imide groups is 1. The molecule has 0 saturated heterocycles. The molecule has 104 valence electrons. The number of benzene rings is 1. The first kappa shape index (κ1) is 12.8. The van der Waals surface area contributed by atoms with Gasteiger partial charge in [0.25, 0.3) is 11.8 Å². The molecule has 2 aliphatic rings. The first-order valence-corrected chi connectivity index (χ1v) is 6.77. The van der Waals surface area contributed by atoms with E-state index in [4.69, 9.17) is 0 Å².